The monoisotopic (exact) mass is 270 g/mol. The first-order valence-electron chi connectivity index (χ1n) is 5.43. The van der Waals surface area contributed by atoms with Crippen molar-refractivity contribution in [2.24, 2.45) is 0 Å². The summed E-state index contributed by atoms with van der Waals surface area (Å²) in [6, 6.07) is 6.30. The summed E-state index contributed by atoms with van der Waals surface area (Å²) in [5, 5.41) is 2.39. The molecule has 2 rings (SSSR count). The predicted molar refractivity (Wildman–Crippen MR) is 64.2 cm³/mol. The van der Waals surface area contributed by atoms with Crippen LogP contribution in [-0.2, 0) is 6.18 Å². The Hall–Kier alpha value is -2.11. The fourth-order valence-electron chi connectivity index (χ4n) is 1.71. The first-order valence-corrected chi connectivity index (χ1v) is 5.43. The molecule has 0 saturated carbocycles. The fourth-order valence-corrected chi connectivity index (χ4v) is 1.71. The van der Waals surface area contributed by atoms with Crippen LogP contribution in [0, 0.1) is 5.82 Å². The average molecular weight is 270 g/mol. The summed E-state index contributed by atoms with van der Waals surface area (Å²) >= 11 is 0. The lowest BCUT2D eigenvalue weighted by molar-refractivity contribution is -0.137. The zero-order valence-corrected chi connectivity index (χ0v) is 9.92. The van der Waals surface area contributed by atoms with Crippen LogP contribution in [-0.4, -0.2) is 12.0 Å². The van der Waals surface area contributed by atoms with E-state index in [2.05, 4.69) is 10.3 Å². The summed E-state index contributed by atoms with van der Waals surface area (Å²) in [5.74, 6) is -0.767. The molecule has 6 heteroatoms. The van der Waals surface area contributed by atoms with Crippen molar-refractivity contribution in [3.8, 4) is 11.1 Å². The molecular formula is C13H10F4N2. The highest BCUT2D eigenvalue weighted by Gasteiger charge is 2.34. The van der Waals surface area contributed by atoms with Crippen molar-refractivity contribution in [1.82, 2.24) is 4.98 Å². The minimum atomic E-state index is -4.52. The molecule has 100 valence electrons. The Morgan fingerprint density at radius 1 is 1.11 bits per heavy atom. The average Bonchev–Trinajstić information content (AvgIpc) is 2.37. The van der Waals surface area contributed by atoms with E-state index in [1.165, 1.54) is 31.4 Å². The second-order valence-electron chi connectivity index (χ2n) is 3.88. The smallest absolute Gasteiger partial charge is 0.373 e. The zero-order valence-electron chi connectivity index (χ0n) is 9.92. The molecule has 0 aliphatic heterocycles. The Bertz CT molecular complexity index is 593. The van der Waals surface area contributed by atoms with Gasteiger partial charge in [-0.1, -0.05) is 12.1 Å². The number of hydrogen-bond donors (Lipinski definition) is 1. The van der Waals surface area contributed by atoms with Crippen molar-refractivity contribution in [2.45, 2.75) is 6.18 Å². The number of nitrogens with zero attached hydrogens (tertiary/aromatic N) is 1. The lowest BCUT2D eigenvalue weighted by Gasteiger charge is -2.13. The lowest BCUT2D eigenvalue weighted by atomic mass is 10.1. The van der Waals surface area contributed by atoms with Gasteiger partial charge >= 0.3 is 6.18 Å². The molecule has 2 aromatic rings. The standard InChI is InChI=1S/C13H10F4N2/c1-18-12-11(13(15,16)17)6-9(7-19-12)8-3-2-4-10(14)5-8/h2-7H,1H3,(H,18,19). The molecule has 1 aromatic heterocycles. The van der Waals surface area contributed by atoms with E-state index < -0.39 is 17.6 Å². The van der Waals surface area contributed by atoms with E-state index in [9.17, 15) is 17.6 Å². The summed E-state index contributed by atoms with van der Waals surface area (Å²) in [4.78, 5) is 3.72. The van der Waals surface area contributed by atoms with Crippen LogP contribution in [0.4, 0.5) is 23.4 Å². The number of alkyl halides is 3. The summed E-state index contributed by atoms with van der Waals surface area (Å²) in [7, 11) is 1.36. The molecule has 1 N–H and O–H groups in total. The summed E-state index contributed by atoms with van der Waals surface area (Å²) in [5.41, 5.74) is -0.316. The van der Waals surface area contributed by atoms with Crippen LogP contribution in [0.5, 0.6) is 0 Å². The van der Waals surface area contributed by atoms with Gasteiger partial charge in [0.25, 0.3) is 0 Å². The molecule has 2 nitrogen and oxygen atoms in total. The maximum Gasteiger partial charge on any atom is 0.419 e. The van der Waals surface area contributed by atoms with Crippen molar-refractivity contribution in [2.75, 3.05) is 12.4 Å². The van der Waals surface area contributed by atoms with Crippen LogP contribution < -0.4 is 5.32 Å². The third kappa shape index (κ3) is 2.83. The molecule has 0 spiro atoms. The van der Waals surface area contributed by atoms with Crippen molar-refractivity contribution >= 4 is 5.82 Å². The Balaban J connectivity index is 2.55. The Morgan fingerprint density at radius 2 is 1.84 bits per heavy atom. The first kappa shape index (κ1) is 13.3. The molecule has 1 aromatic carbocycles. The second-order valence-corrected chi connectivity index (χ2v) is 3.88. The molecule has 1 heterocycles. The van der Waals surface area contributed by atoms with Gasteiger partial charge in [0, 0.05) is 18.8 Å². The van der Waals surface area contributed by atoms with E-state index in [1.54, 1.807) is 0 Å². The molecule has 0 radical (unpaired) electrons. The quantitative estimate of drug-likeness (QED) is 0.836. The van der Waals surface area contributed by atoms with Gasteiger partial charge in [-0.05, 0) is 23.8 Å². The largest absolute Gasteiger partial charge is 0.419 e. The van der Waals surface area contributed by atoms with Crippen LogP contribution in [0.2, 0.25) is 0 Å². The SMILES string of the molecule is CNc1ncc(-c2cccc(F)c2)cc1C(F)(F)F. The van der Waals surface area contributed by atoms with Gasteiger partial charge in [0.15, 0.2) is 0 Å². The van der Waals surface area contributed by atoms with Gasteiger partial charge in [-0.3, -0.25) is 0 Å². The predicted octanol–water partition coefficient (Wildman–Crippen LogP) is 3.95. The summed E-state index contributed by atoms with van der Waals surface area (Å²) in [6.07, 6.45) is -3.25. The molecule has 0 atom stereocenters. The third-order valence-electron chi connectivity index (χ3n) is 2.59. The lowest BCUT2D eigenvalue weighted by Crippen LogP contribution is -2.10. The zero-order chi connectivity index (χ0) is 14.0. The molecule has 19 heavy (non-hydrogen) atoms. The maximum absolute atomic E-state index is 13.1. The highest BCUT2D eigenvalue weighted by Crippen LogP contribution is 2.36. The first-order chi connectivity index (χ1) is 8.91. The third-order valence-corrected chi connectivity index (χ3v) is 2.59. The number of benzene rings is 1. The van der Waals surface area contributed by atoms with E-state index in [4.69, 9.17) is 0 Å². The summed E-state index contributed by atoms with van der Waals surface area (Å²) in [6.45, 7) is 0. The molecule has 0 aliphatic rings. The van der Waals surface area contributed by atoms with E-state index in [-0.39, 0.29) is 11.4 Å². The number of aromatic nitrogens is 1. The van der Waals surface area contributed by atoms with E-state index in [0.29, 0.717) is 5.56 Å². The van der Waals surface area contributed by atoms with Crippen molar-refractivity contribution in [1.29, 1.82) is 0 Å². The number of rotatable bonds is 2. The minimum absolute atomic E-state index is 0.214. The molecule has 0 bridgehead atoms. The van der Waals surface area contributed by atoms with Crippen LogP contribution in [0.15, 0.2) is 36.5 Å². The normalized spacial score (nSPS) is 11.4. The van der Waals surface area contributed by atoms with Gasteiger partial charge in [0.1, 0.15) is 11.6 Å². The Labute approximate surface area is 107 Å². The number of pyridine rings is 1. The Kier molecular flexibility index (Phi) is 3.42. The van der Waals surface area contributed by atoms with Gasteiger partial charge in [-0.25, -0.2) is 9.37 Å². The maximum atomic E-state index is 13.1. The van der Waals surface area contributed by atoms with E-state index in [0.717, 1.165) is 12.1 Å². The fraction of sp³-hybridized carbons (Fsp3) is 0.154. The second kappa shape index (κ2) is 4.87. The van der Waals surface area contributed by atoms with Gasteiger partial charge in [0.2, 0.25) is 0 Å². The molecule has 0 fully saturated rings. The van der Waals surface area contributed by atoms with Gasteiger partial charge in [-0.15, -0.1) is 0 Å². The van der Waals surface area contributed by atoms with Crippen molar-refractivity contribution in [3.05, 3.63) is 47.9 Å². The van der Waals surface area contributed by atoms with Crippen LogP contribution in [0.25, 0.3) is 11.1 Å². The Morgan fingerprint density at radius 3 is 2.42 bits per heavy atom. The molecule has 0 unspecified atom stereocenters. The number of hydrogen-bond acceptors (Lipinski definition) is 2. The van der Waals surface area contributed by atoms with Gasteiger partial charge in [-0.2, -0.15) is 13.2 Å². The van der Waals surface area contributed by atoms with Gasteiger partial charge < -0.3 is 5.32 Å². The molecular weight excluding hydrogens is 260 g/mol. The minimum Gasteiger partial charge on any atom is -0.373 e. The van der Waals surface area contributed by atoms with Crippen molar-refractivity contribution < 1.29 is 17.6 Å². The number of nitrogens with one attached hydrogen (secondary N) is 1. The number of anilines is 1. The van der Waals surface area contributed by atoms with Crippen LogP contribution in [0.3, 0.4) is 0 Å². The van der Waals surface area contributed by atoms with E-state index in [1.807, 2.05) is 0 Å². The van der Waals surface area contributed by atoms with Crippen molar-refractivity contribution in [3.63, 3.8) is 0 Å². The topological polar surface area (TPSA) is 24.9 Å². The molecule has 0 amide bonds. The number of halogens is 4. The highest BCUT2D eigenvalue weighted by molar-refractivity contribution is 5.66. The molecule has 0 aliphatic carbocycles. The molecule has 0 saturated heterocycles. The van der Waals surface area contributed by atoms with Crippen LogP contribution in [0.1, 0.15) is 5.56 Å². The summed E-state index contributed by atoms with van der Waals surface area (Å²) < 4.78 is 51.6. The van der Waals surface area contributed by atoms with E-state index >= 15 is 0 Å². The van der Waals surface area contributed by atoms with Gasteiger partial charge in [0.05, 0.1) is 5.56 Å². The van der Waals surface area contributed by atoms with Crippen LogP contribution >= 0.6 is 0 Å². The highest BCUT2D eigenvalue weighted by atomic mass is 19.4.